The Morgan fingerprint density at radius 2 is 1.06 bits per heavy atom. The summed E-state index contributed by atoms with van der Waals surface area (Å²) in [6.07, 6.45) is 3.56. The van der Waals surface area contributed by atoms with Crippen LogP contribution in [0, 0.1) is 5.82 Å². The summed E-state index contributed by atoms with van der Waals surface area (Å²) in [5.41, 5.74) is 9.84. The molecule has 0 aliphatic heterocycles. The maximum atomic E-state index is 14.5. The molecule has 4 nitrogen and oxygen atoms in total. The van der Waals surface area contributed by atoms with E-state index in [2.05, 4.69) is 137 Å². The van der Waals surface area contributed by atoms with E-state index in [0.29, 0.717) is 5.95 Å². The van der Waals surface area contributed by atoms with Crippen molar-refractivity contribution >= 4 is 66.7 Å². The van der Waals surface area contributed by atoms with E-state index in [4.69, 9.17) is 0 Å². The van der Waals surface area contributed by atoms with Crippen LogP contribution in [0.1, 0.15) is 25.0 Å². The average molecular weight is 673 g/mol. The van der Waals surface area contributed by atoms with Gasteiger partial charge in [0, 0.05) is 45.5 Å². The van der Waals surface area contributed by atoms with Crippen LogP contribution in [0.15, 0.2) is 164 Å². The van der Waals surface area contributed by atoms with Gasteiger partial charge in [-0.05, 0) is 98.9 Å². The zero-order chi connectivity index (χ0) is 35.0. The molecule has 0 bridgehead atoms. The second-order valence-electron chi connectivity index (χ2n) is 14.0. The first-order chi connectivity index (χ1) is 25.5. The smallest absolute Gasteiger partial charge is 0.234 e. The van der Waals surface area contributed by atoms with Crippen LogP contribution in [0.4, 0.5) is 38.8 Å². The number of aromatic nitrogens is 2. The lowest BCUT2D eigenvalue weighted by Gasteiger charge is -2.30. The van der Waals surface area contributed by atoms with Gasteiger partial charge in [0.05, 0.1) is 17.1 Å². The highest BCUT2D eigenvalue weighted by Crippen LogP contribution is 2.55. The third-order valence-electron chi connectivity index (χ3n) is 10.8. The van der Waals surface area contributed by atoms with Crippen molar-refractivity contribution in [3.63, 3.8) is 0 Å². The van der Waals surface area contributed by atoms with Crippen molar-refractivity contribution in [3.8, 4) is 11.1 Å². The zero-order valence-corrected chi connectivity index (χ0v) is 28.8. The number of nitrogens with zero attached hydrogens (tertiary/aromatic N) is 4. The third-order valence-corrected chi connectivity index (χ3v) is 10.8. The topological polar surface area (TPSA) is 32.3 Å². The Balaban J connectivity index is 1.26. The first-order valence-corrected chi connectivity index (χ1v) is 17.6. The normalized spacial score (nSPS) is 13.1. The van der Waals surface area contributed by atoms with Gasteiger partial charge in [0.1, 0.15) is 5.82 Å². The highest BCUT2D eigenvalue weighted by molar-refractivity contribution is 6.28. The molecule has 1 aliphatic rings. The summed E-state index contributed by atoms with van der Waals surface area (Å²) in [6, 6.07) is 52.0. The summed E-state index contributed by atoms with van der Waals surface area (Å²) in [7, 11) is 0. The molecule has 0 radical (unpaired) electrons. The van der Waals surface area contributed by atoms with Crippen LogP contribution in [0.2, 0.25) is 0 Å². The Morgan fingerprint density at radius 1 is 0.481 bits per heavy atom. The van der Waals surface area contributed by atoms with Gasteiger partial charge in [-0.25, -0.2) is 14.4 Å². The van der Waals surface area contributed by atoms with Crippen molar-refractivity contribution in [2.24, 2.45) is 0 Å². The summed E-state index contributed by atoms with van der Waals surface area (Å²) in [5, 5.41) is 6.88. The van der Waals surface area contributed by atoms with Gasteiger partial charge in [0.25, 0.3) is 0 Å². The number of hydrogen-bond donors (Lipinski definition) is 0. The molecule has 5 heteroatoms. The summed E-state index contributed by atoms with van der Waals surface area (Å²) >= 11 is 0. The van der Waals surface area contributed by atoms with E-state index < -0.39 is 0 Å². The Hall–Kier alpha value is -6.59. The second-order valence-corrected chi connectivity index (χ2v) is 14.0. The molecule has 8 aromatic carbocycles. The van der Waals surface area contributed by atoms with Gasteiger partial charge in [-0.2, -0.15) is 0 Å². The highest BCUT2D eigenvalue weighted by Gasteiger charge is 2.38. The number of hydrogen-bond acceptors (Lipinski definition) is 4. The van der Waals surface area contributed by atoms with Gasteiger partial charge in [-0.3, -0.25) is 4.90 Å². The van der Waals surface area contributed by atoms with E-state index in [-0.39, 0.29) is 11.2 Å². The predicted octanol–water partition coefficient (Wildman–Crippen LogP) is 12.8. The second kappa shape index (κ2) is 11.5. The fraction of sp³-hybridized carbons (Fsp3) is 0.0638. The van der Waals surface area contributed by atoms with Crippen molar-refractivity contribution in [1.82, 2.24) is 9.97 Å². The number of fused-ring (bicyclic) bond motifs is 3. The van der Waals surface area contributed by atoms with Gasteiger partial charge in [-0.1, -0.05) is 105 Å². The number of anilines is 6. The largest absolute Gasteiger partial charge is 0.309 e. The van der Waals surface area contributed by atoms with Crippen molar-refractivity contribution < 1.29 is 4.39 Å². The molecular weight excluding hydrogens is 640 g/mol. The number of rotatable bonds is 6. The number of halogens is 1. The zero-order valence-electron chi connectivity index (χ0n) is 28.8. The van der Waals surface area contributed by atoms with Gasteiger partial charge in [0.15, 0.2) is 0 Å². The maximum absolute atomic E-state index is 14.5. The van der Waals surface area contributed by atoms with E-state index in [0.717, 1.165) is 50.0 Å². The van der Waals surface area contributed by atoms with Crippen LogP contribution in [0.3, 0.4) is 0 Å². The number of para-hydroxylation sites is 1. The molecule has 9 aromatic rings. The quantitative estimate of drug-likeness (QED) is 0.165. The van der Waals surface area contributed by atoms with Crippen LogP contribution >= 0.6 is 0 Å². The lowest BCUT2D eigenvalue weighted by molar-refractivity contribution is 0.628. The van der Waals surface area contributed by atoms with Crippen LogP contribution in [-0.4, -0.2) is 9.97 Å². The van der Waals surface area contributed by atoms with Crippen molar-refractivity contribution in [2.45, 2.75) is 19.3 Å². The lowest BCUT2D eigenvalue weighted by Crippen LogP contribution is -2.16. The molecule has 1 heterocycles. The Kier molecular flexibility index (Phi) is 6.67. The molecule has 0 fully saturated rings. The summed E-state index contributed by atoms with van der Waals surface area (Å²) in [4.78, 5) is 13.8. The van der Waals surface area contributed by atoms with Gasteiger partial charge in [0.2, 0.25) is 5.95 Å². The molecule has 0 N–H and O–H groups in total. The Labute approximate surface area is 301 Å². The molecule has 0 spiro atoms. The first-order valence-electron chi connectivity index (χ1n) is 17.6. The molecule has 10 rings (SSSR count). The van der Waals surface area contributed by atoms with E-state index in [9.17, 15) is 4.39 Å². The molecule has 1 aromatic heterocycles. The van der Waals surface area contributed by atoms with Crippen molar-refractivity contribution in [2.75, 3.05) is 9.80 Å². The lowest BCUT2D eigenvalue weighted by atomic mass is 9.82. The third kappa shape index (κ3) is 4.45. The molecule has 0 saturated carbocycles. The van der Waals surface area contributed by atoms with Crippen molar-refractivity contribution in [3.05, 3.63) is 181 Å². The molecule has 0 saturated heterocycles. The van der Waals surface area contributed by atoms with E-state index >= 15 is 0 Å². The highest BCUT2D eigenvalue weighted by atomic mass is 19.1. The Bertz CT molecular complexity index is 2740. The summed E-state index contributed by atoms with van der Waals surface area (Å²) < 4.78 is 14.5. The van der Waals surface area contributed by atoms with Crippen LogP contribution < -0.4 is 9.80 Å². The SMILES string of the molecule is CC1(C)c2ccccc2-c2c(N(c3ccc(F)cc3)c3ccc4ccc5c(N(c6ccccc6)c6ncccn6)ccc6ccc3c4c65)cccc21. The predicted molar refractivity (Wildman–Crippen MR) is 213 cm³/mol. The number of benzene rings is 8. The first kappa shape index (κ1) is 30.3. The van der Waals surface area contributed by atoms with Crippen molar-refractivity contribution in [1.29, 1.82) is 0 Å². The van der Waals surface area contributed by atoms with E-state index in [1.807, 2.05) is 36.4 Å². The molecule has 248 valence electrons. The summed E-state index contributed by atoms with van der Waals surface area (Å²) in [6.45, 7) is 4.60. The summed E-state index contributed by atoms with van der Waals surface area (Å²) in [5.74, 6) is 0.342. The minimum atomic E-state index is -0.262. The standard InChI is InChI=1S/C47H33FN4/c1-47(2)38-13-7-6-12-35(38)45-39(47)14-8-15-42(45)51(34-22-20-32(48)21-23-34)40-26-18-30-17-25-37-41(27-19-31-16-24-36(40)43(30)44(31)37)52(33-10-4-3-5-11-33)46-49-28-9-29-50-46/h3-29H,1-2H3. The molecular formula is C47H33FN4. The molecule has 0 unspecified atom stereocenters. The molecule has 0 amide bonds. The maximum Gasteiger partial charge on any atom is 0.234 e. The van der Waals surface area contributed by atoms with Crippen LogP contribution in [0.5, 0.6) is 0 Å². The minimum Gasteiger partial charge on any atom is -0.309 e. The molecule has 1 aliphatic carbocycles. The van der Waals surface area contributed by atoms with Gasteiger partial charge < -0.3 is 4.90 Å². The van der Waals surface area contributed by atoms with Crippen LogP contribution in [0.25, 0.3) is 43.4 Å². The van der Waals surface area contributed by atoms with E-state index in [1.165, 1.54) is 33.0 Å². The monoisotopic (exact) mass is 672 g/mol. The minimum absolute atomic E-state index is 0.164. The fourth-order valence-corrected chi connectivity index (χ4v) is 8.43. The van der Waals surface area contributed by atoms with Gasteiger partial charge >= 0.3 is 0 Å². The average Bonchev–Trinajstić information content (AvgIpc) is 3.43. The van der Waals surface area contributed by atoms with Crippen LogP contribution in [-0.2, 0) is 5.41 Å². The van der Waals surface area contributed by atoms with E-state index in [1.54, 1.807) is 24.5 Å². The Morgan fingerprint density at radius 3 is 1.75 bits per heavy atom. The molecule has 52 heavy (non-hydrogen) atoms. The fourth-order valence-electron chi connectivity index (χ4n) is 8.43. The molecule has 0 atom stereocenters. The van der Waals surface area contributed by atoms with Gasteiger partial charge in [-0.15, -0.1) is 0 Å².